The maximum absolute atomic E-state index is 13.7. The van der Waals surface area contributed by atoms with E-state index >= 15 is 0 Å². The number of para-hydroxylation sites is 1. The lowest BCUT2D eigenvalue weighted by molar-refractivity contribution is -0.383. The van der Waals surface area contributed by atoms with E-state index in [4.69, 9.17) is 66.3 Å². The average Bonchev–Trinajstić information content (AvgIpc) is 4.06. The molecule has 2 heterocycles. The number of ether oxygens (including phenoxy) is 3. The van der Waals surface area contributed by atoms with Gasteiger partial charge in [0.2, 0.25) is 10.9 Å². The molecule has 0 bridgehead atoms. The molecule has 0 radical (unpaired) electrons. The summed E-state index contributed by atoms with van der Waals surface area (Å²) in [5.41, 5.74) is 4.34. The molecule has 5 aromatic carbocycles. The molecule has 3 amide bonds. The van der Waals surface area contributed by atoms with E-state index < -0.39 is 63.7 Å². The van der Waals surface area contributed by atoms with Crippen molar-refractivity contribution in [2.45, 2.75) is 72.0 Å². The molecule has 0 saturated carbocycles. The number of aromatic nitrogens is 3. The second kappa shape index (κ2) is 32.8. The first-order valence-corrected chi connectivity index (χ1v) is 27.9. The van der Waals surface area contributed by atoms with E-state index in [-0.39, 0.29) is 89.4 Å². The number of nitro benzene ring substituents is 1. The van der Waals surface area contributed by atoms with Crippen molar-refractivity contribution in [1.29, 1.82) is 0 Å². The summed E-state index contributed by atoms with van der Waals surface area (Å²) in [4.78, 5) is 53.6. The van der Waals surface area contributed by atoms with E-state index in [0.717, 1.165) is 42.1 Å². The molecule has 0 fully saturated rings. The molecule has 0 saturated heterocycles. The number of hydrogen-bond acceptors (Lipinski definition) is 14. The van der Waals surface area contributed by atoms with E-state index in [0.29, 0.717) is 28.3 Å². The number of nitrogens with two attached hydrogens (primary N) is 1. The number of halogens is 13. The number of nitrogen functional groups attached to an aromatic ring is 1. The predicted molar refractivity (Wildman–Crippen MR) is 313 cm³/mol. The molecule has 460 valence electrons. The molecule has 0 aliphatic carbocycles. The normalized spacial score (nSPS) is 11.0. The van der Waals surface area contributed by atoms with Gasteiger partial charge in [0.25, 0.3) is 27.9 Å². The maximum Gasteiger partial charge on any atom is 0.445 e. The molecular weight excluding hydrogens is 1280 g/mol. The minimum atomic E-state index is -4.61. The van der Waals surface area contributed by atoms with Crippen molar-refractivity contribution in [1.82, 2.24) is 20.1 Å². The Labute approximate surface area is 514 Å². The van der Waals surface area contributed by atoms with Crippen LogP contribution >= 0.6 is 69.5 Å². The monoisotopic (exact) mass is 1320 g/mol. The molecule has 16 nitrogen and oxygen atoms in total. The summed E-state index contributed by atoms with van der Waals surface area (Å²) >= 11 is 24.0. The van der Waals surface area contributed by atoms with Crippen molar-refractivity contribution in [3.8, 4) is 28.3 Å². The highest BCUT2D eigenvalue weighted by Crippen LogP contribution is 2.39. The zero-order valence-corrected chi connectivity index (χ0v) is 50.2. The quantitative estimate of drug-likeness (QED) is 0.0400. The number of alkyl halides is 6. The fraction of sp³-hybridized carbons (Fsp3) is 0.236. The van der Waals surface area contributed by atoms with Gasteiger partial charge in [-0.1, -0.05) is 98.9 Å². The van der Waals surface area contributed by atoms with Crippen molar-refractivity contribution >= 4 is 109 Å². The molecule has 0 atom stereocenters. The van der Waals surface area contributed by atoms with E-state index in [2.05, 4.69) is 20.5 Å². The number of thioether (sulfide) groups is 1. The van der Waals surface area contributed by atoms with Crippen LogP contribution in [0.2, 0.25) is 5.02 Å². The minimum Gasteiger partial charge on any atom is -0.459 e. The van der Waals surface area contributed by atoms with Crippen molar-refractivity contribution in [2.75, 3.05) is 28.3 Å². The van der Waals surface area contributed by atoms with Gasteiger partial charge in [0.05, 0.1) is 21.2 Å². The van der Waals surface area contributed by atoms with Gasteiger partial charge >= 0.3 is 12.4 Å². The number of anilines is 3. The number of benzene rings is 5. The van der Waals surface area contributed by atoms with Crippen LogP contribution in [0.25, 0.3) is 0 Å². The standard InChI is InChI=1S/C19H11F5N2O2.C14H13F4N3O2S.C12H9ClN2O3.C10H16Cl3NOS/c20-12-6-7-16(15(21)10-12)26-17(27)14-5-2-8-25-18(14)28-13-4-1-3-11(9-13)19(22,23)24;1-8(2)21(10-5-3-9(15)4-6-10)11(22)7-23-13-20-19-12(24-13)14(16,17)18;13-11-10(18-8-4-2-1-3-5-8)7-6-9(12(11)14)15(16)17;1-6(2)14(7(3)4)10(15)16-5-8(11)9(12)13/h1-10H,(H,26,27);3-6,8H,7H2,1-2H3;1-7H,14H2;6-7H,5H2,1-4H3. The van der Waals surface area contributed by atoms with Crippen LogP contribution in [0.4, 0.5) is 67.1 Å². The number of nitrogens with one attached hydrogen (secondary N) is 1. The zero-order chi connectivity index (χ0) is 64.2. The van der Waals surface area contributed by atoms with Crippen molar-refractivity contribution in [3.05, 3.63) is 186 Å². The number of carbonyl (C=O) groups excluding carboxylic acids is 3. The molecule has 86 heavy (non-hydrogen) atoms. The smallest absolute Gasteiger partial charge is 0.445 e. The van der Waals surface area contributed by atoms with E-state index in [1.165, 1.54) is 65.7 Å². The van der Waals surface area contributed by atoms with Crippen LogP contribution in [-0.2, 0) is 17.1 Å². The number of amides is 3. The van der Waals surface area contributed by atoms with E-state index in [1.54, 1.807) is 43.0 Å². The molecule has 0 spiro atoms. The summed E-state index contributed by atoms with van der Waals surface area (Å²) in [5.74, 6) is -2.88. The Balaban J connectivity index is 0.000000252. The Hall–Kier alpha value is -7.56. The SMILES string of the molecule is CC(C)N(C(=O)COc1nnc(C(F)(F)F)s1)c1ccc(F)cc1.CC(C)N(C(=O)SCC(Cl)=C(Cl)Cl)C(C)C.Nc1c([N+](=O)[O-])ccc(Oc2ccccc2)c1Cl.O=C(Nc1ccc(F)cc1F)c1cccnc1Oc1cccc(C(F)(F)F)c1. The van der Waals surface area contributed by atoms with Crippen molar-refractivity contribution in [2.24, 2.45) is 0 Å². The lowest BCUT2D eigenvalue weighted by atomic mass is 10.2. The van der Waals surface area contributed by atoms with Gasteiger partial charge in [-0.15, -0.1) is 5.10 Å². The van der Waals surface area contributed by atoms with Crippen LogP contribution in [0.15, 0.2) is 137 Å². The Kier molecular flexibility index (Phi) is 27.1. The number of carbonyl (C=O) groups is 3. The molecule has 31 heteroatoms. The Morgan fingerprint density at radius 1 is 0.756 bits per heavy atom. The molecule has 3 N–H and O–H groups in total. The van der Waals surface area contributed by atoms with Gasteiger partial charge in [-0.3, -0.25) is 24.5 Å². The molecule has 7 aromatic rings. The Morgan fingerprint density at radius 2 is 1.38 bits per heavy atom. The lowest BCUT2D eigenvalue weighted by Crippen LogP contribution is -2.40. The first-order chi connectivity index (χ1) is 40.3. The van der Waals surface area contributed by atoms with Gasteiger partial charge in [0.1, 0.15) is 55.5 Å². The van der Waals surface area contributed by atoms with Gasteiger partial charge in [0.15, 0.2) is 6.61 Å². The molecule has 0 aliphatic heterocycles. The molecule has 0 aliphatic rings. The zero-order valence-electron chi connectivity index (χ0n) is 45.5. The highest BCUT2D eigenvalue weighted by Gasteiger charge is 2.36. The van der Waals surface area contributed by atoms with Gasteiger partial charge < -0.3 is 35.1 Å². The molecule has 7 rings (SSSR count). The van der Waals surface area contributed by atoms with Crippen LogP contribution in [0.3, 0.4) is 0 Å². The summed E-state index contributed by atoms with van der Waals surface area (Å²) in [6, 6.07) is 26.3. The highest BCUT2D eigenvalue weighted by atomic mass is 35.5. The maximum atomic E-state index is 13.7. The van der Waals surface area contributed by atoms with Crippen LogP contribution in [0.1, 0.15) is 62.5 Å². The molecule has 0 unspecified atom stereocenters. The third-order valence-corrected chi connectivity index (χ3v) is 13.9. The van der Waals surface area contributed by atoms with Crippen LogP contribution in [0.5, 0.6) is 28.3 Å². The fourth-order valence-corrected chi connectivity index (χ4v) is 9.05. The predicted octanol–water partition coefficient (Wildman–Crippen LogP) is 17.4. The van der Waals surface area contributed by atoms with Crippen LogP contribution in [-0.4, -0.2) is 72.5 Å². The Morgan fingerprint density at radius 3 is 1.94 bits per heavy atom. The first kappa shape index (κ1) is 70.9. The largest absolute Gasteiger partial charge is 0.459 e. The highest BCUT2D eigenvalue weighted by molar-refractivity contribution is 8.13. The molecular formula is C55H49Cl4F9N8O8S2. The van der Waals surface area contributed by atoms with Gasteiger partial charge in [0, 0.05) is 47.9 Å². The summed E-state index contributed by atoms with van der Waals surface area (Å²) < 4.78 is 131. The topological polar surface area (TPSA) is 205 Å². The third kappa shape index (κ3) is 22.1. The minimum absolute atomic E-state index is 0.0160. The second-order valence-electron chi connectivity index (χ2n) is 17.9. The van der Waals surface area contributed by atoms with Gasteiger partial charge in [-0.25, -0.2) is 18.2 Å². The van der Waals surface area contributed by atoms with Gasteiger partial charge in [-0.05, 0) is 126 Å². The first-order valence-electron chi connectivity index (χ1n) is 24.6. The van der Waals surface area contributed by atoms with Crippen LogP contribution < -0.4 is 30.2 Å². The third-order valence-electron chi connectivity index (χ3n) is 10.6. The number of nitrogens with zero attached hydrogens (tertiary/aromatic N) is 6. The summed E-state index contributed by atoms with van der Waals surface area (Å²) in [5, 5.41) is 17.9. The summed E-state index contributed by atoms with van der Waals surface area (Å²) in [7, 11) is 0. The second-order valence-corrected chi connectivity index (χ2v) is 21.5. The number of pyridine rings is 1. The number of rotatable bonds is 16. The summed E-state index contributed by atoms with van der Waals surface area (Å²) in [6.45, 7) is 10.9. The van der Waals surface area contributed by atoms with Crippen molar-refractivity contribution in [3.63, 3.8) is 0 Å². The Bertz CT molecular complexity index is 3450. The molecule has 2 aromatic heterocycles. The fourth-order valence-electron chi connectivity index (χ4n) is 6.87. The van der Waals surface area contributed by atoms with Crippen molar-refractivity contribution < 1.29 is 73.0 Å². The van der Waals surface area contributed by atoms with E-state index in [1.807, 2.05) is 33.8 Å². The number of nitro groups is 1. The summed E-state index contributed by atoms with van der Waals surface area (Å²) in [6.07, 6.45) is -7.90. The number of hydrogen-bond donors (Lipinski definition) is 2. The van der Waals surface area contributed by atoms with Crippen LogP contribution in [0, 0.1) is 27.6 Å². The van der Waals surface area contributed by atoms with Gasteiger partial charge in [-0.2, -0.15) is 26.3 Å². The lowest BCUT2D eigenvalue weighted by Gasteiger charge is -2.30. The van der Waals surface area contributed by atoms with E-state index in [9.17, 15) is 64.0 Å². The average molecular weight is 1330 g/mol.